The molecule has 1 aliphatic rings. The average molecular weight is 338 g/mol. The van der Waals surface area contributed by atoms with Crippen LogP contribution in [0.1, 0.15) is 29.9 Å². The first-order valence-corrected chi connectivity index (χ1v) is 8.29. The Hall–Kier alpha value is -1.54. The normalized spacial score (nSPS) is 15.5. The van der Waals surface area contributed by atoms with E-state index < -0.39 is 11.3 Å². The Kier molecular flexibility index (Phi) is 4.68. The maximum absolute atomic E-state index is 10.7. The molecule has 1 unspecified atom stereocenters. The molecule has 0 radical (unpaired) electrons. The van der Waals surface area contributed by atoms with E-state index in [1.54, 1.807) is 6.20 Å². The Labute approximate surface area is 135 Å². The second-order valence-corrected chi connectivity index (χ2v) is 6.15. The Morgan fingerprint density at radius 1 is 1.36 bits per heavy atom. The molecule has 1 atom stereocenters. The van der Waals surface area contributed by atoms with E-state index in [-0.39, 0.29) is 11.8 Å². The van der Waals surface area contributed by atoms with Crippen molar-refractivity contribution in [2.45, 2.75) is 25.3 Å². The quantitative estimate of drug-likeness (QED) is 0.624. The standard InChI is InChI=1S/C14H15ClN4O2S/c15-14-16-8-11(9-5-6-9)13(19-14)18-12-4-2-1-3-10(12)7-17-22(20)21/h1-4,8-9,17H,5-7H2,(H,20,21)(H,16,18,19)/p-1. The molecule has 3 rings (SSSR count). The maximum Gasteiger partial charge on any atom is 0.224 e. The number of hydrogen-bond acceptors (Lipinski definition) is 5. The molecule has 0 amide bonds. The van der Waals surface area contributed by atoms with Gasteiger partial charge < -0.3 is 9.87 Å². The number of hydrogen-bond donors (Lipinski definition) is 2. The SMILES string of the molecule is O=S([O-])NCc1ccccc1Nc1nc(Cl)ncc1C1CC1. The fourth-order valence-corrected chi connectivity index (χ4v) is 2.63. The van der Waals surface area contributed by atoms with E-state index in [1.165, 1.54) is 0 Å². The molecule has 1 saturated carbocycles. The molecule has 1 aromatic heterocycles. The largest absolute Gasteiger partial charge is 0.760 e. The summed E-state index contributed by atoms with van der Waals surface area (Å²) in [5, 5.41) is 3.43. The van der Waals surface area contributed by atoms with E-state index in [0.717, 1.165) is 29.7 Å². The van der Waals surface area contributed by atoms with Gasteiger partial charge in [0.15, 0.2) is 0 Å². The van der Waals surface area contributed by atoms with Gasteiger partial charge in [-0.3, -0.25) is 4.21 Å². The van der Waals surface area contributed by atoms with Crippen LogP contribution < -0.4 is 10.0 Å². The lowest BCUT2D eigenvalue weighted by molar-refractivity contribution is 0.522. The highest BCUT2D eigenvalue weighted by atomic mass is 35.5. The molecule has 1 fully saturated rings. The zero-order chi connectivity index (χ0) is 15.5. The second-order valence-electron chi connectivity index (χ2n) is 5.06. The summed E-state index contributed by atoms with van der Waals surface area (Å²) in [5.74, 6) is 1.15. The lowest BCUT2D eigenvalue weighted by Gasteiger charge is -2.15. The topological polar surface area (TPSA) is 90.0 Å². The van der Waals surface area contributed by atoms with Crippen LogP contribution in [0.25, 0.3) is 0 Å². The summed E-state index contributed by atoms with van der Waals surface area (Å²) in [6.07, 6.45) is 4.00. The molecule has 0 saturated heterocycles. The average Bonchev–Trinajstić information content (AvgIpc) is 3.31. The van der Waals surface area contributed by atoms with Gasteiger partial charge in [-0.25, -0.2) is 14.7 Å². The van der Waals surface area contributed by atoms with Gasteiger partial charge in [0.2, 0.25) is 5.28 Å². The number of anilines is 2. The van der Waals surface area contributed by atoms with Crippen LogP contribution in [0.2, 0.25) is 5.28 Å². The van der Waals surface area contributed by atoms with Crippen molar-refractivity contribution in [3.8, 4) is 0 Å². The minimum atomic E-state index is -2.30. The lowest BCUT2D eigenvalue weighted by atomic mass is 10.1. The van der Waals surface area contributed by atoms with Crippen molar-refractivity contribution in [1.29, 1.82) is 0 Å². The highest BCUT2D eigenvalue weighted by Gasteiger charge is 2.27. The molecule has 8 heteroatoms. The fraction of sp³-hybridized carbons (Fsp3) is 0.286. The first-order valence-electron chi connectivity index (χ1n) is 6.83. The predicted octanol–water partition coefficient (Wildman–Crippen LogP) is 2.63. The van der Waals surface area contributed by atoms with Gasteiger partial charge in [0, 0.05) is 35.3 Å². The number of halogens is 1. The van der Waals surface area contributed by atoms with Crippen LogP contribution in [0.4, 0.5) is 11.5 Å². The lowest BCUT2D eigenvalue weighted by Crippen LogP contribution is -2.16. The molecular formula is C14H14ClN4O2S-. The third kappa shape index (κ3) is 3.80. The van der Waals surface area contributed by atoms with Gasteiger partial charge in [0.1, 0.15) is 5.82 Å². The van der Waals surface area contributed by atoms with Crippen molar-refractivity contribution in [2.75, 3.05) is 5.32 Å². The summed E-state index contributed by atoms with van der Waals surface area (Å²) >= 11 is 3.59. The third-order valence-corrected chi connectivity index (χ3v) is 4.02. The van der Waals surface area contributed by atoms with E-state index in [9.17, 15) is 8.76 Å². The van der Waals surface area contributed by atoms with Crippen molar-refractivity contribution >= 4 is 34.4 Å². The summed E-state index contributed by atoms with van der Waals surface area (Å²) in [6, 6.07) is 7.45. The van der Waals surface area contributed by atoms with E-state index >= 15 is 0 Å². The molecule has 0 spiro atoms. The number of nitrogens with zero attached hydrogens (tertiary/aromatic N) is 2. The molecule has 6 nitrogen and oxygen atoms in total. The van der Waals surface area contributed by atoms with Crippen LogP contribution >= 0.6 is 11.6 Å². The maximum atomic E-state index is 10.7. The monoisotopic (exact) mass is 337 g/mol. The molecule has 1 aromatic carbocycles. The highest BCUT2D eigenvalue weighted by molar-refractivity contribution is 7.77. The molecular weight excluding hydrogens is 324 g/mol. The van der Waals surface area contributed by atoms with Gasteiger partial charge in [0.25, 0.3) is 0 Å². The molecule has 1 heterocycles. The minimum absolute atomic E-state index is 0.183. The van der Waals surface area contributed by atoms with Crippen LogP contribution in [-0.2, 0) is 17.8 Å². The van der Waals surface area contributed by atoms with E-state index in [1.807, 2.05) is 24.3 Å². The smallest absolute Gasteiger partial charge is 0.224 e. The van der Waals surface area contributed by atoms with Crippen molar-refractivity contribution in [3.05, 3.63) is 46.9 Å². The van der Waals surface area contributed by atoms with Crippen LogP contribution in [0.15, 0.2) is 30.5 Å². The summed E-state index contributed by atoms with van der Waals surface area (Å²) in [4.78, 5) is 8.31. The van der Waals surface area contributed by atoms with E-state index in [0.29, 0.717) is 11.7 Å². The van der Waals surface area contributed by atoms with Crippen LogP contribution in [-0.4, -0.2) is 18.7 Å². The summed E-state index contributed by atoms with van der Waals surface area (Å²) < 4.78 is 23.7. The number of rotatable bonds is 6. The van der Waals surface area contributed by atoms with Gasteiger partial charge in [-0.15, -0.1) is 0 Å². The first-order chi connectivity index (χ1) is 10.6. The van der Waals surface area contributed by atoms with Crippen molar-refractivity contribution < 1.29 is 8.76 Å². The van der Waals surface area contributed by atoms with E-state index in [2.05, 4.69) is 20.0 Å². The molecule has 0 bridgehead atoms. The zero-order valence-corrected chi connectivity index (χ0v) is 13.2. The number of nitrogens with one attached hydrogen (secondary N) is 2. The van der Waals surface area contributed by atoms with Gasteiger partial charge in [-0.1, -0.05) is 18.2 Å². The highest BCUT2D eigenvalue weighted by Crippen LogP contribution is 2.43. The second kappa shape index (κ2) is 6.70. The van der Waals surface area contributed by atoms with Gasteiger partial charge in [0.05, 0.1) is 0 Å². The van der Waals surface area contributed by atoms with Gasteiger partial charge in [-0.05, 0) is 42.0 Å². The summed E-state index contributed by atoms with van der Waals surface area (Å²) in [7, 11) is 0. The number of para-hydroxylation sites is 1. The Bertz CT molecular complexity index is 709. The minimum Gasteiger partial charge on any atom is -0.760 e. The molecule has 116 valence electrons. The van der Waals surface area contributed by atoms with Gasteiger partial charge >= 0.3 is 0 Å². The molecule has 0 aliphatic heterocycles. The van der Waals surface area contributed by atoms with Crippen LogP contribution in [0, 0.1) is 0 Å². The molecule has 2 N–H and O–H groups in total. The fourth-order valence-electron chi connectivity index (χ4n) is 2.22. The first kappa shape index (κ1) is 15.4. The molecule has 22 heavy (non-hydrogen) atoms. The van der Waals surface area contributed by atoms with Crippen molar-refractivity contribution in [2.24, 2.45) is 0 Å². The van der Waals surface area contributed by atoms with Gasteiger partial charge in [-0.2, -0.15) is 0 Å². The van der Waals surface area contributed by atoms with Crippen LogP contribution in [0.5, 0.6) is 0 Å². The van der Waals surface area contributed by atoms with Crippen molar-refractivity contribution in [3.63, 3.8) is 0 Å². The van der Waals surface area contributed by atoms with Crippen molar-refractivity contribution in [1.82, 2.24) is 14.7 Å². The zero-order valence-electron chi connectivity index (χ0n) is 11.6. The third-order valence-electron chi connectivity index (χ3n) is 3.46. The number of aromatic nitrogens is 2. The summed E-state index contributed by atoms with van der Waals surface area (Å²) in [5.41, 5.74) is 2.65. The molecule has 2 aromatic rings. The molecule has 1 aliphatic carbocycles. The predicted molar refractivity (Wildman–Crippen MR) is 84.5 cm³/mol. The number of benzene rings is 1. The Morgan fingerprint density at radius 2 is 2.14 bits per heavy atom. The van der Waals surface area contributed by atoms with E-state index in [4.69, 9.17) is 11.6 Å². The Balaban J connectivity index is 1.87. The summed E-state index contributed by atoms with van der Waals surface area (Å²) in [6.45, 7) is 0.205. The van der Waals surface area contributed by atoms with Crippen LogP contribution in [0.3, 0.4) is 0 Å². The Morgan fingerprint density at radius 3 is 2.86 bits per heavy atom.